The van der Waals surface area contributed by atoms with Gasteiger partial charge in [0.1, 0.15) is 0 Å². The smallest absolute Gasteiger partial charge is 0.0527 e. The Labute approximate surface area is 121 Å². The molecule has 0 aromatic heterocycles. The molecule has 1 heterocycles. The van der Waals surface area contributed by atoms with Gasteiger partial charge in [0, 0.05) is 30.0 Å². The van der Waals surface area contributed by atoms with E-state index in [-0.39, 0.29) is 5.41 Å². The molecular weight excluding hydrogens is 258 g/mol. The molecule has 19 heavy (non-hydrogen) atoms. The van der Waals surface area contributed by atoms with Gasteiger partial charge in [-0.25, -0.2) is 0 Å². The van der Waals surface area contributed by atoms with Crippen LogP contribution in [0.25, 0.3) is 0 Å². The van der Waals surface area contributed by atoms with Gasteiger partial charge in [-0.05, 0) is 30.5 Å². The maximum Gasteiger partial charge on any atom is 0.0527 e. The zero-order chi connectivity index (χ0) is 13.9. The fourth-order valence-corrected chi connectivity index (χ4v) is 3.69. The number of benzene rings is 1. The first kappa shape index (κ1) is 14.8. The van der Waals surface area contributed by atoms with Crippen molar-refractivity contribution < 1.29 is 4.74 Å². The van der Waals surface area contributed by atoms with E-state index < -0.39 is 0 Å². The van der Waals surface area contributed by atoms with Crippen LogP contribution in [-0.2, 0) is 4.74 Å². The Morgan fingerprint density at radius 1 is 1.42 bits per heavy atom. The Morgan fingerprint density at radius 2 is 2.16 bits per heavy atom. The van der Waals surface area contributed by atoms with Crippen LogP contribution in [0.15, 0.2) is 24.3 Å². The lowest BCUT2D eigenvalue weighted by molar-refractivity contribution is 0.0000235. The van der Waals surface area contributed by atoms with E-state index in [0.717, 1.165) is 31.1 Å². The van der Waals surface area contributed by atoms with Crippen LogP contribution in [0.3, 0.4) is 0 Å². The maximum atomic E-state index is 6.42. The van der Waals surface area contributed by atoms with Crippen LogP contribution < -0.4 is 5.32 Å². The molecule has 1 fully saturated rings. The lowest BCUT2D eigenvalue weighted by Gasteiger charge is -2.47. The second kappa shape index (κ2) is 6.25. The number of methoxy groups -OCH3 is 1. The predicted molar refractivity (Wildman–Crippen MR) is 80.8 cm³/mol. The molecule has 3 heteroatoms. The first-order valence-electron chi connectivity index (χ1n) is 7.06. The molecule has 0 spiro atoms. The molecule has 0 aliphatic carbocycles. The third-order valence-electron chi connectivity index (χ3n) is 4.65. The molecule has 0 saturated carbocycles. The summed E-state index contributed by atoms with van der Waals surface area (Å²) >= 11 is 6.42. The summed E-state index contributed by atoms with van der Waals surface area (Å²) in [4.78, 5) is 0. The Kier molecular flexibility index (Phi) is 4.88. The Bertz CT molecular complexity index is 417. The normalized spacial score (nSPS) is 27.7. The van der Waals surface area contributed by atoms with E-state index in [9.17, 15) is 0 Å². The fraction of sp³-hybridized carbons (Fsp3) is 0.625. The van der Waals surface area contributed by atoms with Gasteiger partial charge in [0.25, 0.3) is 0 Å². The largest absolute Gasteiger partial charge is 0.384 e. The molecule has 0 amide bonds. The van der Waals surface area contributed by atoms with Gasteiger partial charge in [0.15, 0.2) is 0 Å². The van der Waals surface area contributed by atoms with Crippen molar-refractivity contribution in [2.24, 2.45) is 11.3 Å². The zero-order valence-electron chi connectivity index (χ0n) is 12.1. The van der Waals surface area contributed by atoms with Crippen LogP contribution in [0.2, 0.25) is 5.02 Å². The number of rotatable bonds is 4. The number of ether oxygens (including phenoxy) is 1. The molecule has 0 radical (unpaired) electrons. The highest BCUT2D eigenvalue weighted by Gasteiger charge is 2.44. The molecule has 2 unspecified atom stereocenters. The van der Waals surface area contributed by atoms with Crippen molar-refractivity contribution in [2.75, 3.05) is 26.8 Å². The standard InChI is InChI=1S/C16H24ClNO/c1-12(2)16(11-19-3)8-9-18-10-14(16)13-6-4-5-7-15(13)17/h4-7,12,14,18H,8-11H2,1-3H3. The van der Waals surface area contributed by atoms with Crippen molar-refractivity contribution in [3.63, 3.8) is 0 Å². The summed E-state index contributed by atoms with van der Waals surface area (Å²) in [7, 11) is 1.80. The van der Waals surface area contributed by atoms with Gasteiger partial charge in [-0.1, -0.05) is 43.6 Å². The summed E-state index contributed by atoms with van der Waals surface area (Å²) < 4.78 is 5.57. The van der Waals surface area contributed by atoms with Crippen LogP contribution in [0.5, 0.6) is 0 Å². The number of hydrogen-bond acceptors (Lipinski definition) is 2. The Hall–Kier alpha value is -0.570. The SMILES string of the molecule is COCC1(C(C)C)CCNCC1c1ccccc1Cl. The summed E-state index contributed by atoms with van der Waals surface area (Å²) in [5.74, 6) is 0.978. The van der Waals surface area contributed by atoms with Gasteiger partial charge < -0.3 is 10.1 Å². The van der Waals surface area contributed by atoms with E-state index in [0.29, 0.717) is 11.8 Å². The minimum Gasteiger partial charge on any atom is -0.384 e. The van der Waals surface area contributed by atoms with E-state index in [1.54, 1.807) is 7.11 Å². The molecule has 0 bridgehead atoms. The summed E-state index contributed by atoms with van der Waals surface area (Å²) in [5.41, 5.74) is 1.42. The van der Waals surface area contributed by atoms with Gasteiger partial charge in [-0.15, -0.1) is 0 Å². The van der Waals surface area contributed by atoms with Gasteiger partial charge in [-0.3, -0.25) is 0 Å². The summed E-state index contributed by atoms with van der Waals surface area (Å²) in [6, 6.07) is 8.22. The highest BCUT2D eigenvalue weighted by Crippen LogP contribution is 2.48. The molecular formula is C16H24ClNO. The predicted octanol–water partition coefficient (Wildman–Crippen LogP) is 3.71. The number of hydrogen-bond donors (Lipinski definition) is 1. The first-order valence-corrected chi connectivity index (χ1v) is 7.43. The second-order valence-electron chi connectivity index (χ2n) is 5.85. The van der Waals surface area contributed by atoms with Crippen molar-refractivity contribution in [2.45, 2.75) is 26.2 Å². The number of piperidine rings is 1. The summed E-state index contributed by atoms with van der Waals surface area (Å²) in [6.07, 6.45) is 1.13. The van der Waals surface area contributed by atoms with Crippen molar-refractivity contribution in [1.82, 2.24) is 5.32 Å². The van der Waals surface area contributed by atoms with Gasteiger partial charge in [0.2, 0.25) is 0 Å². The maximum absolute atomic E-state index is 6.42. The third kappa shape index (κ3) is 2.81. The Morgan fingerprint density at radius 3 is 2.79 bits per heavy atom. The molecule has 2 atom stereocenters. The highest BCUT2D eigenvalue weighted by molar-refractivity contribution is 6.31. The molecule has 2 rings (SSSR count). The van der Waals surface area contributed by atoms with Crippen LogP contribution in [-0.4, -0.2) is 26.8 Å². The third-order valence-corrected chi connectivity index (χ3v) is 5.00. The van der Waals surface area contributed by atoms with E-state index in [1.807, 2.05) is 12.1 Å². The second-order valence-corrected chi connectivity index (χ2v) is 6.26. The van der Waals surface area contributed by atoms with Crippen LogP contribution in [0.4, 0.5) is 0 Å². The lowest BCUT2D eigenvalue weighted by Crippen LogP contribution is -2.49. The minimum absolute atomic E-state index is 0.172. The van der Waals surface area contributed by atoms with E-state index >= 15 is 0 Å². The monoisotopic (exact) mass is 281 g/mol. The van der Waals surface area contributed by atoms with Crippen molar-refractivity contribution in [3.8, 4) is 0 Å². The van der Waals surface area contributed by atoms with Crippen molar-refractivity contribution in [1.29, 1.82) is 0 Å². The fourth-order valence-electron chi connectivity index (χ4n) is 3.42. The average Bonchev–Trinajstić information content (AvgIpc) is 2.40. The molecule has 2 nitrogen and oxygen atoms in total. The van der Waals surface area contributed by atoms with Crippen molar-refractivity contribution >= 4 is 11.6 Å². The lowest BCUT2D eigenvalue weighted by atomic mass is 9.62. The zero-order valence-corrected chi connectivity index (χ0v) is 12.8. The van der Waals surface area contributed by atoms with Gasteiger partial charge >= 0.3 is 0 Å². The molecule has 1 aromatic carbocycles. The summed E-state index contributed by atoms with van der Waals surface area (Å²) in [5, 5.41) is 4.39. The average molecular weight is 282 g/mol. The van der Waals surface area contributed by atoms with E-state index in [2.05, 4.69) is 31.3 Å². The molecule has 1 aliphatic heterocycles. The van der Waals surface area contributed by atoms with Gasteiger partial charge in [-0.2, -0.15) is 0 Å². The highest BCUT2D eigenvalue weighted by atomic mass is 35.5. The molecule has 1 aromatic rings. The van der Waals surface area contributed by atoms with Crippen LogP contribution >= 0.6 is 11.6 Å². The Balaban J connectivity index is 2.42. The molecule has 106 valence electrons. The molecule has 1 N–H and O–H groups in total. The van der Waals surface area contributed by atoms with Crippen LogP contribution in [0.1, 0.15) is 31.7 Å². The van der Waals surface area contributed by atoms with Gasteiger partial charge in [0.05, 0.1) is 6.61 Å². The quantitative estimate of drug-likeness (QED) is 0.908. The topological polar surface area (TPSA) is 21.3 Å². The van der Waals surface area contributed by atoms with Crippen LogP contribution in [0, 0.1) is 11.3 Å². The van der Waals surface area contributed by atoms with E-state index in [4.69, 9.17) is 16.3 Å². The molecule has 1 saturated heterocycles. The number of nitrogens with one attached hydrogen (secondary N) is 1. The van der Waals surface area contributed by atoms with E-state index in [1.165, 1.54) is 5.56 Å². The summed E-state index contributed by atoms with van der Waals surface area (Å²) in [6.45, 7) is 7.43. The first-order chi connectivity index (χ1) is 9.12. The minimum atomic E-state index is 0.172. The molecule has 1 aliphatic rings. The van der Waals surface area contributed by atoms with Crippen molar-refractivity contribution in [3.05, 3.63) is 34.9 Å². The number of halogens is 1.